The Morgan fingerprint density at radius 1 is 1.33 bits per heavy atom. The summed E-state index contributed by atoms with van der Waals surface area (Å²) in [6.45, 7) is 2.54. The van der Waals surface area contributed by atoms with E-state index in [1.165, 1.54) is 20.9 Å². The van der Waals surface area contributed by atoms with Crippen LogP contribution in [0.5, 0.6) is 0 Å². The molecule has 0 fully saturated rings. The third-order valence-corrected chi connectivity index (χ3v) is 2.38. The lowest BCUT2D eigenvalue weighted by molar-refractivity contribution is -0.121. The Balaban J connectivity index is 3.17. The van der Waals surface area contributed by atoms with Gasteiger partial charge < -0.3 is 10.4 Å². The molecule has 7 heteroatoms. The molecule has 0 bridgehead atoms. The van der Waals surface area contributed by atoms with Gasteiger partial charge in [0.1, 0.15) is 5.70 Å². The topological polar surface area (TPSA) is 104 Å². The van der Waals surface area contributed by atoms with Gasteiger partial charge in [0.05, 0.1) is 5.70 Å². The van der Waals surface area contributed by atoms with Gasteiger partial charge in [-0.1, -0.05) is 0 Å². The molecule has 0 radical (unpaired) electrons. The Bertz CT molecular complexity index is 516. The van der Waals surface area contributed by atoms with Crippen LogP contribution in [0.4, 0.5) is 4.79 Å². The number of amides is 2. The zero-order chi connectivity index (χ0) is 14.0. The van der Waals surface area contributed by atoms with E-state index in [4.69, 9.17) is 5.11 Å². The number of carbonyl (C=O) groups excluding carboxylic acids is 3. The smallest absolute Gasteiger partial charge is 0.411 e. The fourth-order valence-electron chi connectivity index (χ4n) is 1.55. The second-order valence-electron chi connectivity index (χ2n) is 3.75. The lowest BCUT2D eigenvalue weighted by Gasteiger charge is -2.21. The van der Waals surface area contributed by atoms with Crippen LogP contribution in [0.1, 0.15) is 13.8 Å². The maximum Gasteiger partial charge on any atom is 0.411 e. The first-order valence-electron chi connectivity index (χ1n) is 5.01. The van der Waals surface area contributed by atoms with Gasteiger partial charge in [0.25, 0.3) is 0 Å². The van der Waals surface area contributed by atoms with Crippen LogP contribution in [-0.2, 0) is 14.4 Å². The number of ketones is 2. The second-order valence-corrected chi connectivity index (χ2v) is 3.75. The summed E-state index contributed by atoms with van der Waals surface area (Å²) in [5, 5.41) is 11.0. The molecule has 1 aliphatic rings. The molecule has 0 saturated heterocycles. The average molecular weight is 252 g/mol. The van der Waals surface area contributed by atoms with Gasteiger partial charge in [-0.15, -0.1) is 0 Å². The summed E-state index contributed by atoms with van der Waals surface area (Å²) in [5.74, 6) is -1.70. The molecule has 1 aliphatic carbocycles. The van der Waals surface area contributed by atoms with Gasteiger partial charge in [0, 0.05) is 25.6 Å². The number of likely N-dealkylation sites (N-methyl/N-ethyl adjacent to an activating group) is 1. The second kappa shape index (κ2) is 4.82. The van der Waals surface area contributed by atoms with Gasteiger partial charge in [0.15, 0.2) is 0 Å². The molecule has 0 aromatic carbocycles. The molecule has 0 saturated carbocycles. The Labute approximate surface area is 103 Å². The van der Waals surface area contributed by atoms with E-state index in [1.807, 2.05) is 0 Å². The molecular weight excluding hydrogens is 240 g/mol. The zero-order valence-electron chi connectivity index (χ0n) is 10.1. The number of hydrogen-bond acceptors (Lipinski definition) is 4. The number of hydrogen-bond donors (Lipinski definition) is 2. The van der Waals surface area contributed by atoms with Crippen LogP contribution >= 0.6 is 0 Å². The number of carbonyl (C=O) groups is 4. The van der Waals surface area contributed by atoms with Crippen LogP contribution in [-0.4, -0.2) is 40.6 Å². The van der Waals surface area contributed by atoms with Crippen molar-refractivity contribution < 1.29 is 24.3 Å². The van der Waals surface area contributed by atoms with Crippen LogP contribution in [0.2, 0.25) is 0 Å². The maximum absolute atomic E-state index is 11.8. The third-order valence-electron chi connectivity index (χ3n) is 2.38. The van der Waals surface area contributed by atoms with E-state index in [0.717, 1.165) is 6.08 Å². The van der Waals surface area contributed by atoms with Crippen molar-refractivity contribution in [2.24, 2.45) is 0 Å². The first-order valence-corrected chi connectivity index (χ1v) is 5.01. The molecule has 0 atom stereocenters. The SMILES string of the molecule is CC(=O)NC1=CC(=O)C(N(C)C(=O)O)=C(C)C1=O. The van der Waals surface area contributed by atoms with E-state index in [1.54, 1.807) is 0 Å². The maximum atomic E-state index is 11.8. The molecule has 0 aliphatic heterocycles. The summed E-state index contributed by atoms with van der Waals surface area (Å²) in [7, 11) is 1.17. The van der Waals surface area contributed by atoms with Crippen LogP contribution in [0.25, 0.3) is 0 Å². The molecule has 18 heavy (non-hydrogen) atoms. The Hall–Kier alpha value is -2.44. The minimum atomic E-state index is -1.35. The van der Waals surface area contributed by atoms with Crippen LogP contribution in [0.15, 0.2) is 23.0 Å². The summed E-state index contributed by atoms with van der Waals surface area (Å²) in [5.41, 5.74) is -0.370. The van der Waals surface area contributed by atoms with Gasteiger partial charge in [0.2, 0.25) is 17.5 Å². The first-order chi connectivity index (χ1) is 8.25. The van der Waals surface area contributed by atoms with E-state index in [2.05, 4.69) is 5.32 Å². The lowest BCUT2D eigenvalue weighted by atomic mass is 9.98. The molecule has 2 N–H and O–H groups in total. The molecule has 0 heterocycles. The van der Waals surface area contributed by atoms with Crippen molar-refractivity contribution in [1.29, 1.82) is 0 Å². The van der Waals surface area contributed by atoms with Crippen molar-refractivity contribution in [2.75, 3.05) is 7.05 Å². The van der Waals surface area contributed by atoms with E-state index in [9.17, 15) is 19.2 Å². The fraction of sp³-hybridized carbons (Fsp3) is 0.273. The molecule has 1 rings (SSSR count). The van der Waals surface area contributed by atoms with Gasteiger partial charge in [-0.3, -0.25) is 19.3 Å². The van der Waals surface area contributed by atoms with Crippen LogP contribution in [0.3, 0.4) is 0 Å². The molecular formula is C11H12N2O5. The van der Waals surface area contributed by atoms with Crippen LogP contribution in [0, 0.1) is 0 Å². The monoisotopic (exact) mass is 252 g/mol. The zero-order valence-corrected chi connectivity index (χ0v) is 10.1. The molecule has 0 aromatic heterocycles. The summed E-state index contributed by atoms with van der Waals surface area (Å²) in [4.78, 5) is 45.9. The summed E-state index contributed by atoms with van der Waals surface area (Å²) >= 11 is 0. The van der Waals surface area contributed by atoms with Gasteiger partial charge in [-0.2, -0.15) is 0 Å². The fourth-order valence-corrected chi connectivity index (χ4v) is 1.55. The standard InChI is InChI=1S/C11H12N2O5/c1-5-9(13(3)11(17)18)8(15)4-7(10(5)16)12-6(2)14/h4H,1-3H3,(H,12,14)(H,17,18). The predicted octanol–water partition coefficient (Wildman–Crippen LogP) is 0.0420. The van der Waals surface area contributed by atoms with Gasteiger partial charge in [-0.25, -0.2) is 4.79 Å². The van der Waals surface area contributed by atoms with Gasteiger partial charge in [-0.05, 0) is 6.92 Å². The Kier molecular flexibility index (Phi) is 3.65. The average Bonchev–Trinajstić information content (AvgIpc) is 2.24. The first kappa shape index (κ1) is 13.6. The molecule has 0 aromatic rings. The van der Waals surface area contributed by atoms with Gasteiger partial charge >= 0.3 is 6.09 Å². The van der Waals surface area contributed by atoms with Crippen molar-refractivity contribution in [3.05, 3.63) is 23.0 Å². The highest BCUT2D eigenvalue weighted by molar-refractivity contribution is 6.23. The lowest BCUT2D eigenvalue weighted by Crippen LogP contribution is -2.36. The molecule has 0 unspecified atom stereocenters. The predicted molar refractivity (Wildman–Crippen MR) is 60.4 cm³/mol. The van der Waals surface area contributed by atoms with E-state index in [-0.39, 0.29) is 17.0 Å². The van der Waals surface area contributed by atoms with Crippen LogP contribution < -0.4 is 5.32 Å². The molecule has 96 valence electrons. The highest BCUT2D eigenvalue weighted by Gasteiger charge is 2.30. The minimum Gasteiger partial charge on any atom is -0.465 e. The van der Waals surface area contributed by atoms with E-state index in [0.29, 0.717) is 4.90 Å². The van der Waals surface area contributed by atoms with Crippen molar-refractivity contribution in [3.8, 4) is 0 Å². The molecule has 0 spiro atoms. The summed E-state index contributed by atoms with van der Waals surface area (Å²) in [6, 6.07) is 0. The number of allylic oxidation sites excluding steroid dienone is 2. The third kappa shape index (κ3) is 2.45. The summed E-state index contributed by atoms with van der Waals surface area (Å²) < 4.78 is 0. The molecule has 2 amide bonds. The number of carboxylic acid groups (broad SMARTS) is 1. The summed E-state index contributed by atoms with van der Waals surface area (Å²) in [6.07, 6.45) is -0.423. The normalized spacial score (nSPS) is 15.4. The minimum absolute atomic E-state index is 0.0175. The Morgan fingerprint density at radius 2 is 1.89 bits per heavy atom. The highest BCUT2D eigenvalue weighted by Crippen LogP contribution is 2.20. The number of nitrogens with one attached hydrogen (secondary N) is 1. The Morgan fingerprint density at radius 3 is 2.33 bits per heavy atom. The largest absolute Gasteiger partial charge is 0.465 e. The van der Waals surface area contributed by atoms with Crippen molar-refractivity contribution >= 4 is 23.6 Å². The number of rotatable bonds is 2. The van der Waals surface area contributed by atoms with E-state index >= 15 is 0 Å². The highest BCUT2D eigenvalue weighted by atomic mass is 16.4. The van der Waals surface area contributed by atoms with E-state index < -0.39 is 23.6 Å². The van der Waals surface area contributed by atoms with Crippen molar-refractivity contribution in [3.63, 3.8) is 0 Å². The quantitative estimate of drug-likeness (QED) is 0.675. The van der Waals surface area contributed by atoms with Crippen molar-refractivity contribution in [2.45, 2.75) is 13.8 Å². The molecule has 7 nitrogen and oxygen atoms in total. The van der Waals surface area contributed by atoms with Crippen molar-refractivity contribution in [1.82, 2.24) is 10.2 Å². The number of Topliss-reactive ketones (excluding diaryl/α,β-unsaturated/α-hetero) is 1. The number of nitrogens with zero attached hydrogens (tertiary/aromatic N) is 1.